The molecule has 5 nitrogen and oxygen atoms in total. The molecule has 0 atom stereocenters. The number of hydrogen-bond donors (Lipinski definition) is 1. The third-order valence-corrected chi connectivity index (χ3v) is 7.82. The van der Waals surface area contributed by atoms with Gasteiger partial charge in [-0.25, -0.2) is 0 Å². The summed E-state index contributed by atoms with van der Waals surface area (Å²) >= 11 is 0. The van der Waals surface area contributed by atoms with Gasteiger partial charge in [-0.3, -0.25) is 4.55 Å². The fourth-order valence-corrected chi connectivity index (χ4v) is 6.72. The second-order valence-corrected chi connectivity index (χ2v) is 16.1. The minimum absolute atomic E-state index is 0.0384. The molecule has 1 aliphatic heterocycles. The summed E-state index contributed by atoms with van der Waals surface area (Å²) in [5.74, 6) is 1.29. The van der Waals surface area contributed by atoms with Crippen LogP contribution in [0.15, 0.2) is 36.4 Å². The molecule has 0 bridgehead atoms. The number of nitrogens with zero attached hydrogens (tertiary/aromatic N) is 1. The lowest BCUT2D eigenvalue weighted by atomic mass is 9.72. The number of rotatable bonds is 8. The zero-order chi connectivity index (χ0) is 28.0. The summed E-state index contributed by atoms with van der Waals surface area (Å²) in [6, 6.07) is 12.8. The van der Waals surface area contributed by atoms with Gasteiger partial charge in [0.15, 0.2) is 11.5 Å². The average molecular weight is 530 g/mol. The molecule has 2 aromatic rings. The Hall–Kier alpha value is -2.05. The van der Waals surface area contributed by atoms with Crippen molar-refractivity contribution >= 4 is 21.5 Å². The molecular weight excluding hydrogens is 482 g/mol. The Kier molecular flexibility index (Phi) is 7.91. The molecule has 0 saturated heterocycles. The molecule has 0 amide bonds. The molecule has 0 radical (unpaired) electrons. The first-order valence-electron chi connectivity index (χ1n) is 13.4. The van der Waals surface area contributed by atoms with E-state index in [-0.39, 0.29) is 27.4 Å². The highest BCUT2D eigenvalue weighted by Crippen LogP contribution is 2.50. The van der Waals surface area contributed by atoms with E-state index in [0.717, 1.165) is 35.7 Å². The molecule has 0 spiro atoms. The van der Waals surface area contributed by atoms with Gasteiger partial charge in [0.05, 0.1) is 17.1 Å². The van der Waals surface area contributed by atoms with E-state index >= 15 is 0 Å². The van der Waals surface area contributed by atoms with Gasteiger partial charge in [0.1, 0.15) is 0 Å². The van der Waals surface area contributed by atoms with Gasteiger partial charge in [0.2, 0.25) is 0 Å². The van der Waals surface area contributed by atoms with Crippen molar-refractivity contribution in [3.63, 3.8) is 0 Å². The van der Waals surface area contributed by atoms with E-state index in [0.29, 0.717) is 13.0 Å². The Morgan fingerprint density at radius 2 is 1.14 bits per heavy atom. The molecule has 37 heavy (non-hydrogen) atoms. The molecule has 0 saturated carbocycles. The maximum atomic E-state index is 11.4. The van der Waals surface area contributed by atoms with Gasteiger partial charge in [-0.15, -0.1) is 0 Å². The van der Waals surface area contributed by atoms with Crippen LogP contribution >= 0.6 is 0 Å². The lowest BCUT2D eigenvalue weighted by Crippen LogP contribution is -2.28. The molecule has 0 aliphatic carbocycles. The minimum Gasteiger partial charge on any atom is -0.453 e. The van der Waals surface area contributed by atoms with E-state index in [1.807, 2.05) is 0 Å². The third-order valence-electron chi connectivity index (χ3n) is 7.01. The summed E-state index contributed by atoms with van der Waals surface area (Å²) in [5.41, 5.74) is 4.55. The van der Waals surface area contributed by atoms with Crippen LogP contribution in [-0.4, -0.2) is 25.3 Å². The van der Waals surface area contributed by atoms with E-state index in [4.69, 9.17) is 4.74 Å². The largest absolute Gasteiger partial charge is 0.453 e. The van der Waals surface area contributed by atoms with Crippen molar-refractivity contribution in [2.45, 2.75) is 99.3 Å². The third kappa shape index (κ3) is 7.73. The second-order valence-electron chi connectivity index (χ2n) is 14.5. The predicted octanol–water partition coefficient (Wildman–Crippen LogP) is 8.64. The van der Waals surface area contributed by atoms with Crippen LogP contribution in [0.5, 0.6) is 11.5 Å². The first-order valence-corrected chi connectivity index (χ1v) is 15.0. The summed E-state index contributed by atoms with van der Waals surface area (Å²) < 4.78 is 38.7. The molecule has 0 unspecified atom stereocenters. The number of anilines is 2. The van der Waals surface area contributed by atoms with Crippen LogP contribution in [0.3, 0.4) is 0 Å². The standard InChI is InChI=1S/C31H47NO4S/c1-28(2,3)20-30(7,8)22-12-14-24-26(18-22)36-27-19-23(31(9,10)21-29(4,5)6)13-15-25(27)32(24)16-11-17-37(33,34)35/h12-15,18-19H,11,16-17,20-21H2,1-10H3,(H,33,34,35). The number of benzene rings is 2. The summed E-state index contributed by atoms with van der Waals surface area (Å²) in [6.45, 7) is 23.1. The fraction of sp³-hybridized carbons (Fsp3) is 0.613. The Bertz CT molecular complexity index is 1150. The van der Waals surface area contributed by atoms with Crippen LogP contribution in [0.2, 0.25) is 0 Å². The van der Waals surface area contributed by atoms with Crippen LogP contribution in [0, 0.1) is 10.8 Å². The molecular formula is C31H47NO4S. The van der Waals surface area contributed by atoms with Crippen molar-refractivity contribution in [1.82, 2.24) is 0 Å². The van der Waals surface area contributed by atoms with Crippen LogP contribution < -0.4 is 9.64 Å². The number of fused-ring (bicyclic) bond motifs is 2. The average Bonchev–Trinajstić information content (AvgIpc) is 2.68. The molecule has 1 N–H and O–H groups in total. The first kappa shape index (κ1) is 29.5. The van der Waals surface area contributed by atoms with E-state index in [9.17, 15) is 13.0 Å². The zero-order valence-corrected chi connectivity index (χ0v) is 25.3. The highest BCUT2D eigenvalue weighted by molar-refractivity contribution is 7.85. The van der Waals surface area contributed by atoms with Gasteiger partial charge < -0.3 is 9.64 Å². The van der Waals surface area contributed by atoms with Crippen molar-refractivity contribution in [1.29, 1.82) is 0 Å². The molecule has 6 heteroatoms. The van der Waals surface area contributed by atoms with Gasteiger partial charge in [-0.05, 0) is 76.3 Å². The predicted molar refractivity (Wildman–Crippen MR) is 155 cm³/mol. The smallest absolute Gasteiger partial charge is 0.264 e. The van der Waals surface area contributed by atoms with Gasteiger partial charge in [-0.1, -0.05) is 81.4 Å². The maximum absolute atomic E-state index is 11.4. The van der Waals surface area contributed by atoms with Crippen molar-refractivity contribution in [2.75, 3.05) is 17.2 Å². The van der Waals surface area contributed by atoms with Gasteiger partial charge in [-0.2, -0.15) is 8.42 Å². The van der Waals surface area contributed by atoms with Crippen molar-refractivity contribution in [2.24, 2.45) is 10.8 Å². The first-order chi connectivity index (χ1) is 16.7. The summed E-state index contributed by atoms with van der Waals surface area (Å²) in [4.78, 5) is 2.13. The van der Waals surface area contributed by atoms with Crippen LogP contribution in [0.1, 0.15) is 99.6 Å². The number of hydrogen-bond acceptors (Lipinski definition) is 4. The molecule has 1 heterocycles. The molecule has 0 aromatic heterocycles. The van der Waals surface area contributed by atoms with E-state index < -0.39 is 10.1 Å². The number of ether oxygens (including phenoxy) is 1. The molecule has 3 rings (SSSR count). The van der Waals surface area contributed by atoms with Gasteiger partial charge in [0.25, 0.3) is 10.1 Å². The highest BCUT2D eigenvalue weighted by Gasteiger charge is 2.33. The second kappa shape index (κ2) is 9.92. The van der Waals surface area contributed by atoms with Crippen LogP contribution in [0.4, 0.5) is 11.4 Å². The lowest BCUT2D eigenvalue weighted by molar-refractivity contribution is 0.283. The molecule has 206 valence electrons. The van der Waals surface area contributed by atoms with Crippen LogP contribution in [0.25, 0.3) is 0 Å². The topological polar surface area (TPSA) is 66.8 Å². The summed E-state index contributed by atoms with van der Waals surface area (Å²) in [7, 11) is -4.02. The van der Waals surface area contributed by atoms with E-state index in [1.54, 1.807) is 0 Å². The monoisotopic (exact) mass is 529 g/mol. The van der Waals surface area contributed by atoms with E-state index in [1.165, 1.54) is 11.1 Å². The van der Waals surface area contributed by atoms with Gasteiger partial charge in [0, 0.05) is 6.54 Å². The molecule has 0 fully saturated rings. The normalized spacial score (nSPS) is 14.7. The fourth-order valence-electron chi connectivity index (χ4n) is 6.23. The SMILES string of the molecule is CC(C)(C)CC(C)(C)c1ccc2c(c1)Oc1cc(C(C)(C)CC(C)(C)C)ccc1N2CCCS(=O)(=O)O. The Balaban J connectivity index is 2.05. The minimum atomic E-state index is -4.02. The van der Waals surface area contributed by atoms with E-state index in [2.05, 4.69) is 111 Å². The van der Waals surface area contributed by atoms with Crippen LogP contribution in [-0.2, 0) is 20.9 Å². The quantitative estimate of drug-likeness (QED) is 0.347. The zero-order valence-electron chi connectivity index (χ0n) is 24.5. The highest BCUT2D eigenvalue weighted by atomic mass is 32.2. The Morgan fingerprint density at radius 1 is 0.730 bits per heavy atom. The Labute approximate surface area is 225 Å². The van der Waals surface area contributed by atoms with Crippen molar-refractivity contribution < 1.29 is 17.7 Å². The molecule has 2 aromatic carbocycles. The molecule has 1 aliphatic rings. The van der Waals surface area contributed by atoms with Crippen molar-refractivity contribution in [3.8, 4) is 11.5 Å². The summed E-state index contributed by atoms with van der Waals surface area (Å²) in [6.07, 6.45) is 2.36. The lowest BCUT2D eigenvalue weighted by Gasteiger charge is -2.37. The summed E-state index contributed by atoms with van der Waals surface area (Å²) in [5, 5.41) is 0. The van der Waals surface area contributed by atoms with Gasteiger partial charge >= 0.3 is 0 Å². The Morgan fingerprint density at radius 3 is 1.49 bits per heavy atom. The van der Waals surface area contributed by atoms with Crippen molar-refractivity contribution in [3.05, 3.63) is 47.5 Å². The maximum Gasteiger partial charge on any atom is 0.264 e.